The first-order valence-electron chi connectivity index (χ1n) is 3.21. The highest BCUT2D eigenvalue weighted by Gasteiger charge is 1.96. The van der Waals surface area contributed by atoms with Crippen LogP contribution in [-0.4, -0.2) is 19.9 Å². The van der Waals surface area contributed by atoms with Gasteiger partial charge in [0.25, 0.3) is 0 Å². The molecule has 0 amide bonds. The smallest absolute Gasteiger partial charge is 0.116 e. The van der Waals surface area contributed by atoms with Crippen LogP contribution in [-0.2, 0) is 0 Å². The van der Waals surface area contributed by atoms with Gasteiger partial charge in [0, 0.05) is 6.20 Å². The summed E-state index contributed by atoms with van der Waals surface area (Å²) in [7, 11) is 0. The van der Waals surface area contributed by atoms with Gasteiger partial charge in [-0.05, 0) is 6.07 Å². The lowest BCUT2D eigenvalue weighted by atomic mass is 10.3. The summed E-state index contributed by atoms with van der Waals surface area (Å²) in [5.41, 5.74) is 1.77. The molecular formula is C7H6N4. The molecule has 2 aromatic heterocycles. The van der Waals surface area contributed by atoms with E-state index in [2.05, 4.69) is 19.9 Å². The Bertz CT molecular complexity index is 313. The monoisotopic (exact) mass is 146 g/mol. The van der Waals surface area contributed by atoms with Crippen LogP contribution in [0.1, 0.15) is 0 Å². The minimum atomic E-state index is 0.859. The molecule has 2 aromatic rings. The highest BCUT2D eigenvalue weighted by molar-refractivity contribution is 5.51. The number of nitrogens with one attached hydrogen (secondary N) is 1. The number of imidazole rings is 1. The van der Waals surface area contributed by atoms with Crippen molar-refractivity contribution < 1.29 is 0 Å². The molecule has 0 unspecified atom stereocenters. The SMILES string of the molecule is c1cc(-c2cnc[nH]2)ncn1. The zero-order valence-corrected chi connectivity index (χ0v) is 5.73. The largest absolute Gasteiger partial charge is 0.343 e. The van der Waals surface area contributed by atoms with Crippen molar-refractivity contribution in [1.82, 2.24) is 19.9 Å². The highest BCUT2D eigenvalue weighted by Crippen LogP contribution is 2.09. The molecule has 2 rings (SSSR count). The van der Waals surface area contributed by atoms with E-state index >= 15 is 0 Å². The minimum Gasteiger partial charge on any atom is -0.343 e. The average Bonchev–Trinajstić information content (AvgIpc) is 2.58. The molecule has 2 heterocycles. The summed E-state index contributed by atoms with van der Waals surface area (Å²) in [4.78, 5) is 14.7. The van der Waals surface area contributed by atoms with E-state index in [1.165, 1.54) is 6.33 Å². The molecule has 0 saturated carbocycles. The molecule has 0 aliphatic carbocycles. The Morgan fingerprint density at radius 3 is 2.91 bits per heavy atom. The summed E-state index contributed by atoms with van der Waals surface area (Å²) in [6.07, 6.45) is 6.55. The number of aromatic nitrogens is 4. The quantitative estimate of drug-likeness (QED) is 0.649. The molecule has 0 aliphatic rings. The van der Waals surface area contributed by atoms with Crippen LogP contribution < -0.4 is 0 Å². The van der Waals surface area contributed by atoms with Gasteiger partial charge in [0.05, 0.1) is 23.9 Å². The van der Waals surface area contributed by atoms with Gasteiger partial charge < -0.3 is 4.98 Å². The van der Waals surface area contributed by atoms with Crippen LogP contribution in [0.5, 0.6) is 0 Å². The molecule has 0 bridgehead atoms. The van der Waals surface area contributed by atoms with E-state index in [9.17, 15) is 0 Å². The Balaban J connectivity index is 2.46. The molecule has 0 aromatic carbocycles. The fourth-order valence-electron chi connectivity index (χ4n) is 0.846. The number of H-pyrrole nitrogens is 1. The summed E-state index contributed by atoms with van der Waals surface area (Å²) < 4.78 is 0. The van der Waals surface area contributed by atoms with Crippen molar-refractivity contribution in [1.29, 1.82) is 0 Å². The molecule has 54 valence electrons. The molecule has 0 aliphatic heterocycles. The summed E-state index contributed by atoms with van der Waals surface area (Å²) in [5, 5.41) is 0. The molecule has 0 fully saturated rings. The molecule has 0 radical (unpaired) electrons. The number of aromatic amines is 1. The van der Waals surface area contributed by atoms with Crippen LogP contribution in [0.25, 0.3) is 11.4 Å². The Labute approximate surface area is 63.4 Å². The molecule has 4 heteroatoms. The van der Waals surface area contributed by atoms with Crippen molar-refractivity contribution >= 4 is 0 Å². The van der Waals surface area contributed by atoms with Gasteiger partial charge in [-0.1, -0.05) is 0 Å². The van der Waals surface area contributed by atoms with E-state index in [0.29, 0.717) is 0 Å². The molecule has 0 spiro atoms. The van der Waals surface area contributed by atoms with E-state index in [0.717, 1.165) is 11.4 Å². The Kier molecular flexibility index (Phi) is 1.37. The number of nitrogens with zero attached hydrogens (tertiary/aromatic N) is 3. The van der Waals surface area contributed by atoms with Gasteiger partial charge in [-0.15, -0.1) is 0 Å². The second-order valence-electron chi connectivity index (χ2n) is 2.06. The molecule has 11 heavy (non-hydrogen) atoms. The zero-order chi connectivity index (χ0) is 7.52. The maximum absolute atomic E-state index is 4.04. The summed E-state index contributed by atoms with van der Waals surface area (Å²) in [6, 6.07) is 1.83. The maximum atomic E-state index is 4.04. The van der Waals surface area contributed by atoms with Crippen molar-refractivity contribution in [3.05, 3.63) is 31.1 Å². The average molecular weight is 146 g/mol. The zero-order valence-electron chi connectivity index (χ0n) is 5.73. The third-order valence-electron chi connectivity index (χ3n) is 1.36. The van der Waals surface area contributed by atoms with Gasteiger partial charge in [0.15, 0.2) is 0 Å². The second-order valence-corrected chi connectivity index (χ2v) is 2.06. The lowest BCUT2D eigenvalue weighted by molar-refractivity contribution is 1.16. The van der Waals surface area contributed by atoms with Gasteiger partial charge in [-0.2, -0.15) is 0 Å². The van der Waals surface area contributed by atoms with Gasteiger partial charge >= 0.3 is 0 Å². The van der Waals surface area contributed by atoms with Crippen molar-refractivity contribution in [2.45, 2.75) is 0 Å². The van der Waals surface area contributed by atoms with Crippen LogP contribution in [0.3, 0.4) is 0 Å². The normalized spacial score (nSPS) is 9.82. The maximum Gasteiger partial charge on any atom is 0.116 e. The highest BCUT2D eigenvalue weighted by atomic mass is 14.9. The van der Waals surface area contributed by atoms with Gasteiger partial charge in [0.1, 0.15) is 6.33 Å². The standard InChI is InChI=1S/C7H6N4/c1-2-8-4-10-6(1)7-3-9-5-11-7/h1-5H,(H,9,11). The minimum absolute atomic E-state index is 0.859. The first-order chi connectivity index (χ1) is 5.47. The number of rotatable bonds is 1. The molecule has 1 N–H and O–H groups in total. The third-order valence-corrected chi connectivity index (χ3v) is 1.36. The Morgan fingerprint density at radius 1 is 1.27 bits per heavy atom. The molecular weight excluding hydrogens is 140 g/mol. The summed E-state index contributed by atoms with van der Waals surface area (Å²) in [6.45, 7) is 0. The van der Waals surface area contributed by atoms with E-state index in [1.54, 1.807) is 18.7 Å². The Morgan fingerprint density at radius 2 is 2.27 bits per heavy atom. The van der Waals surface area contributed by atoms with Crippen molar-refractivity contribution in [2.24, 2.45) is 0 Å². The number of hydrogen-bond donors (Lipinski definition) is 1. The lowest BCUT2D eigenvalue weighted by Gasteiger charge is -1.91. The van der Waals surface area contributed by atoms with Gasteiger partial charge in [0.2, 0.25) is 0 Å². The van der Waals surface area contributed by atoms with Crippen molar-refractivity contribution in [3.8, 4) is 11.4 Å². The Hall–Kier alpha value is -1.71. The topological polar surface area (TPSA) is 54.5 Å². The van der Waals surface area contributed by atoms with Crippen molar-refractivity contribution in [2.75, 3.05) is 0 Å². The van der Waals surface area contributed by atoms with Crippen LogP contribution in [0.2, 0.25) is 0 Å². The first kappa shape index (κ1) is 6.03. The fourth-order valence-corrected chi connectivity index (χ4v) is 0.846. The first-order valence-corrected chi connectivity index (χ1v) is 3.21. The van der Waals surface area contributed by atoms with Crippen LogP contribution >= 0.6 is 0 Å². The molecule has 4 nitrogen and oxygen atoms in total. The molecule has 0 saturated heterocycles. The summed E-state index contributed by atoms with van der Waals surface area (Å²) in [5.74, 6) is 0. The van der Waals surface area contributed by atoms with E-state index in [-0.39, 0.29) is 0 Å². The van der Waals surface area contributed by atoms with E-state index in [1.807, 2.05) is 6.07 Å². The van der Waals surface area contributed by atoms with Crippen LogP contribution in [0.15, 0.2) is 31.1 Å². The van der Waals surface area contributed by atoms with Gasteiger partial charge in [-0.25, -0.2) is 15.0 Å². The second kappa shape index (κ2) is 2.49. The predicted molar refractivity (Wildman–Crippen MR) is 39.6 cm³/mol. The number of hydrogen-bond acceptors (Lipinski definition) is 3. The lowest BCUT2D eigenvalue weighted by Crippen LogP contribution is -1.82. The summed E-state index contributed by atoms with van der Waals surface area (Å²) >= 11 is 0. The van der Waals surface area contributed by atoms with Gasteiger partial charge in [-0.3, -0.25) is 0 Å². The van der Waals surface area contributed by atoms with Crippen LogP contribution in [0.4, 0.5) is 0 Å². The fraction of sp³-hybridized carbons (Fsp3) is 0. The van der Waals surface area contributed by atoms with Crippen LogP contribution in [0, 0.1) is 0 Å². The van der Waals surface area contributed by atoms with E-state index in [4.69, 9.17) is 0 Å². The third kappa shape index (κ3) is 1.10. The predicted octanol–water partition coefficient (Wildman–Crippen LogP) is 0.867. The van der Waals surface area contributed by atoms with E-state index < -0.39 is 0 Å². The van der Waals surface area contributed by atoms with Crippen molar-refractivity contribution in [3.63, 3.8) is 0 Å². The molecule has 0 atom stereocenters.